The van der Waals surface area contributed by atoms with Crippen molar-refractivity contribution in [3.05, 3.63) is 85.1 Å². The van der Waals surface area contributed by atoms with Crippen LogP contribution in [0, 0.1) is 0 Å². The lowest BCUT2D eigenvalue weighted by Gasteiger charge is -2.18. The van der Waals surface area contributed by atoms with Crippen LogP contribution in [-0.2, 0) is 28.6 Å². The van der Waals surface area contributed by atoms with E-state index < -0.39 is 6.10 Å². The van der Waals surface area contributed by atoms with E-state index in [4.69, 9.17) is 14.2 Å². The second-order valence-corrected chi connectivity index (χ2v) is 18.8. The SMILES string of the molecule is CC/C=C\C/C=C\C/C=C\C/C=C\CCCCCCCCCCCCCCCCC(=O)OCC(COC(=O)CCCCCCCCCC)OC(=O)CCCCCCC/C=C\C/C=C\C/C=C\CC. The molecule has 0 fully saturated rings. The second kappa shape index (κ2) is 56.2. The van der Waals surface area contributed by atoms with Gasteiger partial charge in [0.1, 0.15) is 13.2 Å². The first-order valence-electron chi connectivity index (χ1n) is 28.6. The minimum Gasteiger partial charge on any atom is -0.462 e. The summed E-state index contributed by atoms with van der Waals surface area (Å²) in [6, 6.07) is 0. The summed E-state index contributed by atoms with van der Waals surface area (Å²) < 4.78 is 16.8. The van der Waals surface area contributed by atoms with Crippen molar-refractivity contribution in [2.24, 2.45) is 0 Å². The zero-order valence-corrected chi connectivity index (χ0v) is 44.6. The van der Waals surface area contributed by atoms with Gasteiger partial charge in [-0.3, -0.25) is 14.4 Å². The van der Waals surface area contributed by atoms with Crippen LogP contribution in [0.5, 0.6) is 0 Å². The van der Waals surface area contributed by atoms with Crippen molar-refractivity contribution in [3.63, 3.8) is 0 Å². The molecule has 0 saturated heterocycles. The molecule has 0 N–H and O–H groups in total. The Morgan fingerprint density at radius 2 is 0.574 bits per heavy atom. The van der Waals surface area contributed by atoms with Gasteiger partial charge in [-0.1, -0.05) is 247 Å². The van der Waals surface area contributed by atoms with Gasteiger partial charge in [-0.2, -0.15) is 0 Å². The van der Waals surface area contributed by atoms with E-state index >= 15 is 0 Å². The van der Waals surface area contributed by atoms with Crippen LogP contribution in [0.25, 0.3) is 0 Å². The number of rotatable bonds is 51. The molecular weight excluding hydrogens is 841 g/mol. The third kappa shape index (κ3) is 53.5. The first kappa shape index (κ1) is 64.6. The van der Waals surface area contributed by atoms with Crippen LogP contribution in [0.15, 0.2) is 85.1 Å². The van der Waals surface area contributed by atoms with Gasteiger partial charge in [0.25, 0.3) is 0 Å². The van der Waals surface area contributed by atoms with Gasteiger partial charge >= 0.3 is 17.9 Å². The van der Waals surface area contributed by atoms with E-state index in [0.717, 1.165) is 122 Å². The van der Waals surface area contributed by atoms with Gasteiger partial charge in [0.05, 0.1) is 0 Å². The predicted octanol–water partition coefficient (Wildman–Crippen LogP) is 19.2. The summed E-state index contributed by atoms with van der Waals surface area (Å²) >= 11 is 0. The number of unbranched alkanes of at least 4 members (excludes halogenated alkanes) is 26. The lowest BCUT2D eigenvalue weighted by molar-refractivity contribution is -0.167. The van der Waals surface area contributed by atoms with Crippen molar-refractivity contribution in [3.8, 4) is 0 Å². The van der Waals surface area contributed by atoms with Crippen LogP contribution in [-0.4, -0.2) is 37.2 Å². The topological polar surface area (TPSA) is 78.9 Å². The van der Waals surface area contributed by atoms with E-state index in [-0.39, 0.29) is 31.1 Å². The molecule has 6 nitrogen and oxygen atoms in total. The number of carbonyl (C=O) groups excluding carboxylic acids is 3. The van der Waals surface area contributed by atoms with Crippen LogP contribution in [0.3, 0.4) is 0 Å². The molecule has 0 rings (SSSR count). The van der Waals surface area contributed by atoms with E-state index in [2.05, 4.69) is 106 Å². The molecule has 0 heterocycles. The van der Waals surface area contributed by atoms with Crippen LogP contribution in [0.1, 0.15) is 271 Å². The molecule has 390 valence electrons. The van der Waals surface area contributed by atoms with E-state index in [1.54, 1.807) is 0 Å². The maximum absolute atomic E-state index is 12.8. The van der Waals surface area contributed by atoms with Gasteiger partial charge < -0.3 is 14.2 Å². The van der Waals surface area contributed by atoms with Crippen LogP contribution in [0.4, 0.5) is 0 Å². The fourth-order valence-electron chi connectivity index (χ4n) is 7.92. The molecule has 0 aliphatic carbocycles. The molecule has 0 aliphatic rings. The van der Waals surface area contributed by atoms with Gasteiger partial charge in [0.15, 0.2) is 6.10 Å². The molecule has 0 radical (unpaired) electrons. The van der Waals surface area contributed by atoms with Crippen LogP contribution in [0.2, 0.25) is 0 Å². The number of allylic oxidation sites excluding steroid dienone is 14. The van der Waals surface area contributed by atoms with Crippen molar-refractivity contribution in [2.75, 3.05) is 13.2 Å². The molecular formula is C62H106O6. The first-order chi connectivity index (χ1) is 33.5. The van der Waals surface area contributed by atoms with Gasteiger partial charge in [-0.25, -0.2) is 0 Å². The average Bonchev–Trinajstić information content (AvgIpc) is 3.34. The summed E-state index contributed by atoms with van der Waals surface area (Å²) in [5.74, 6) is -0.899. The Hall–Kier alpha value is -3.41. The third-order valence-electron chi connectivity index (χ3n) is 12.1. The molecule has 0 saturated carbocycles. The van der Waals surface area contributed by atoms with Gasteiger partial charge in [0, 0.05) is 19.3 Å². The predicted molar refractivity (Wildman–Crippen MR) is 293 cm³/mol. The number of carbonyl (C=O) groups is 3. The van der Waals surface area contributed by atoms with Crippen molar-refractivity contribution >= 4 is 17.9 Å². The lowest BCUT2D eigenvalue weighted by Crippen LogP contribution is -2.30. The van der Waals surface area contributed by atoms with Crippen molar-refractivity contribution in [1.82, 2.24) is 0 Å². The average molecular weight is 948 g/mol. The lowest BCUT2D eigenvalue weighted by atomic mass is 10.0. The normalized spacial score (nSPS) is 12.7. The summed E-state index contributed by atoms with van der Waals surface area (Å²) in [6.07, 6.45) is 73.1. The highest BCUT2D eigenvalue weighted by Gasteiger charge is 2.19. The van der Waals surface area contributed by atoms with Crippen LogP contribution >= 0.6 is 0 Å². The van der Waals surface area contributed by atoms with Gasteiger partial charge in [0.2, 0.25) is 0 Å². The van der Waals surface area contributed by atoms with E-state index in [1.165, 1.54) is 109 Å². The number of hydrogen-bond acceptors (Lipinski definition) is 6. The minimum atomic E-state index is -0.782. The second-order valence-electron chi connectivity index (χ2n) is 18.8. The Bertz CT molecular complexity index is 1320. The zero-order valence-electron chi connectivity index (χ0n) is 44.6. The Morgan fingerprint density at radius 1 is 0.309 bits per heavy atom. The first-order valence-corrected chi connectivity index (χ1v) is 28.6. The summed E-state index contributed by atoms with van der Waals surface area (Å²) in [5, 5.41) is 0. The summed E-state index contributed by atoms with van der Waals surface area (Å²) in [5.41, 5.74) is 0. The number of hydrogen-bond donors (Lipinski definition) is 0. The maximum Gasteiger partial charge on any atom is 0.306 e. The van der Waals surface area contributed by atoms with E-state index in [1.807, 2.05) is 0 Å². The molecule has 0 aliphatic heterocycles. The quantitative estimate of drug-likeness (QED) is 0.0262. The minimum absolute atomic E-state index is 0.0815. The fraction of sp³-hybridized carbons (Fsp3) is 0.726. The smallest absolute Gasteiger partial charge is 0.306 e. The molecule has 6 heteroatoms. The zero-order chi connectivity index (χ0) is 49.3. The Balaban J connectivity index is 4.16. The van der Waals surface area contributed by atoms with E-state index in [0.29, 0.717) is 19.3 Å². The highest BCUT2D eigenvalue weighted by atomic mass is 16.6. The standard InChI is InChI=1S/C62H106O6/c1-4-7-10-13-16-19-21-23-25-26-27-28-29-30-31-32-33-34-35-36-38-39-41-43-46-49-52-55-61(64)67-58-59(57-66-60(63)54-51-48-45-18-15-12-9-6-3)68-62(65)56-53-50-47-44-42-40-37-24-22-20-17-14-11-8-5-2/h7-8,10-11,16-17,19-20,23-25,27-28,37,59H,4-6,9,12-15,18,21-22,26,29-36,38-58H2,1-3H3/b10-7-,11-8-,19-16-,20-17-,25-23-,28-27-,37-24-. The maximum atomic E-state index is 12.8. The molecule has 0 bridgehead atoms. The molecule has 1 unspecified atom stereocenters. The Labute approximate surface area is 420 Å². The Kier molecular flexibility index (Phi) is 53.4. The van der Waals surface area contributed by atoms with Crippen molar-refractivity contribution < 1.29 is 28.6 Å². The fourth-order valence-corrected chi connectivity index (χ4v) is 7.92. The van der Waals surface area contributed by atoms with Crippen molar-refractivity contribution in [1.29, 1.82) is 0 Å². The summed E-state index contributed by atoms with van der Waals surface area (Å²) in [6.45, 7) is 6.38. The van der Waals surface area contributed by atoms with E-state index in [9.17, 15) is 14.4 Å². The van der Waals surface area contributed by atoms with Gasteiger partial charge in [-0.15, -0.1) is 0 Å². The molecule has 0 aromatic heterocycles. The van der Waals surface area contributed by atoms with Gasteiger partial charge in [-0.05, 0) is 89.9 Å². The Morgan fingerprint density at radius 3 is 0.897 bits per heavy atom. The highest BCUT2D eigenvalue weighted by molar-refractivity contribution is 5.71. The molecule has 0 amide bonds. The molecule has 0 spiro atoms. The number of esters is 3. The molecule has 1 atom stereocenters. The monoisotopic (exact) mass is 947 g/mol. The number of ether oxygens (including phenoxy) is 3. The van der Waals surface area contributed by atoms with Crippen molar-refractivity contribution in [2.45, 2.75) is 277 Å². The molecule has 0 aromatic rings. The summed E-state index contributed by atoms with van der Waals surface area (Å²) in [4.78, 5) is 38.0. The molecule has 68 heavy (non-hydrogen) atoms. The largest absolute Gasteiger partial charge is 0.462 e. The summed E-state index contributed by atoms with van der Waals surface area (Å²) in [7, 11) is 0. The highest BCUT2D eigenvalue weighted by Crippen LogP contribution is 2.16. The van der Waals surface area contributed by atoms with Crippen LogP contribution < -0.4 is 0 Å². The molecule has 0 aromatic carbocycles. The third-order valence-corrected chi connectivity index (χ3v) is 12.1.